The number of aromatic nitrogens is 1. The second-order valence-electron chi connectivity index (χ2n) is 9.57. The zero-order valence-corrected chi connectivity index (χ0v) is 19.5. The number of benzene rings is 2. The van der Waals surface area contributed by atoms with Crippen LogP contribution >= 0.6 is 0 Å². The van der Waals surface area contributed by atoms with E-state index >= 15 is 0 Å². The molecule has 0 spiro atoms. The Morgan fingerprint density at radius 3 is 2.37 bits per heavy atom. The van der Waals surface area contributed by atoms with Gasteiger partial charge < -0.3 is 10.1 Å². The average Bonchev–Trinajstić information content (AvgIpc) is 3.40. The van der Waals surface area contributed by atoms with Gasteiger partial charge in [-0.05, 0) is 72.9 Å². The summed E-state index contributed by atoms with van der Waals surface area (Å²) in [4.78, 5) is 14.1. The highest BCUT2D eigenvalue weighted by Crippen LogP contribution is 2.48. The Morgan fingerprint density at radius 1 is 1.00 bits per heavy atom. The van der Waals surface area contributed by atoms with Gasteiger partial charge in [-0.1, -0.05) is 18.2 Å². The maximum absolute atomic E-state index is 13.4. The lowest BCUT2D eigenvalue weighted by Gasteiger charge is -2.30. The average molecular weight is 507 g/mol. The van der Waals surface area contributed by atoms with Crippen LogP contribution < -0.4 is 10.3 Å². The first-order valence-corrected chi connectivity index (χ1v) is 13.0. The van der Waals surface area contributed by atoms with Gasteiger partial charge in [0, 0.05) is 35.5 Å². The van der Waals surface area contributed by atoms with Crippen LogP contribution in [-0.2, 0) is 22.6 Å². The lowest BCUT2D eigenvalue weighted by molar-refractivity contribution is -0.136. The van der Waals surface area contributed by atoms with Crippen LogP contribution in [0, 0.1) is 17.8 Å². The maximum Gasteiger partial charge on any atom is 0.417 e. The first-order chi connectivity index (χ1) is 16.5. The van der Waals surface area contributed by atoms with E-state index in [-0.39, 0.29) is 40.3 Å². The standard InChI is InChI=1S/C25H25F3N2O4S/c26-25(27,28)21-12-23(32)29-22-8-3-15(10-19(21)22)9-14-1-6-18(7-2-14)35(33,34)30-24-17-5-4-16(11-17)20(24)13-31/h1-3,6-8,10,12,16-17,20,24,30-31H,4-5,9,11,13H2,(H,29,32). The van der Waals surface area contributed by atoms with Crippen LogP contribution in [0.3, 0.4) is 0 Å². The third-order valence-corrected chi connectivity index (χ3v) is 8.92. The summed E-state index contributed by atoms with van der Waals surface area (Å²) in [7, 11) is -3.77. The molecule has 2 aliphatic carbocycles. The Hall–Kier alpha value is -2.69. The molecule has 2 aromatic carbocycles. The highest BCUT2D eigenvalue weighted by Gasteiger charge is 2.48. The number of rotatable bonds is 6. The lowest BCUT2D eigenvalue weighted by Crippen LogP contribution is -2.45. The number of nitrogens with one attached hydrogen (secondary N) is 2. The van der Waals surface area contributed by atoms with Gasteiger partial charge in [0.05, 0.1) is 10.5 Å². The molecule has 5 rings (SSSR count). The zero-order valence-electron chi connectivity index (χ0n) is 18.7. The fraction of sp³-hybridized carbons (Fsp3) is 0.400. The third-order valence-electron chi connectivity index (χ3n) is 7.45. The van der Waals surface area contributed by atoms with E-state index in [1.807, 2.05) is 0 Å². The number of H-pyrrole nitrogens is 1. The number of pyridine rings is 1. The van der Waals surface area contributed by atoms with E-state index in [0.29, 0.717) is 24.0 Å². The molecule has 10 heteroatoms. The summed E-state index contributed by atoms with van der Waals surface area (Å²) < 4.78 is 69.0. The van der Waals surface area contributed by atoms with Crippen molar-refractivity contribution >= 4 is 20.9 Å². The third kappa shape index (κ3) is 4.62. The van der Waals surface area contributed by atoms with Crippen molar-refractivity contribution in [3.8, 4) is 0 Å². The van der Waals surface area contributed by atoms with Crippen LogP contribution in [0.2, 0.25) is 0 Å². The predicted octanol–water partition coefficient (Wildman–Crippen LogP) is 3.82. The first-order valence-electron chi connectivity index (χ1n) is 11.5. The Kier molecular flexibility index (Phi) is 6.01. The molecule has 3 aromatic rings. The van der Waals surface area contributed by atoms with Crippen LogP contribution in [-0.4, -0.2) is 31.2 Å². The quantitative estimate of drug-likeness (QED) is 0.473. The van der Waals surface area contributed by atoms with Crippen LogP contribution in [0.1, 0.15) is 36.0 Å². The number of fused-ring (bicyclic) bond motifs is 3. The molecule has 6 nitrogen and oxygen atoms in total. The van der Waals surface area contributed by atoms with E-state index in [4.69, 9.17) is 0 Å². The second-order valence-corrected chi connectivity index (χ2v) is 11.3. The predicted molar refractivity (Wildman–Crippen MR) is 124 cm³/mol. The lowest BCUT2D eigenvalue weighted by atomic mass is 9.86. The fourth-order valence-electron chi connectivity index (χ4n) is 5.77. The minimum atomic E-state index is -4.66. The summed E-state index contributed by atoms with van der Waals surface area (Å²) in [5.74, 6) is 0.542. The van der Waals surface area contributed by atoms with Crippen LogP contribution in [0.5, 0.6) is 0 Å². The van der Waals surface area contributed by atoms with E-state index < -0.39 is 27.3 Å². The van der Waals surface area contributed by atoms with Crippen molar-refractivity contribution in [2.45, 2.75) is 42.8 Å². The van der Waals surface area contributed by atoms with Gasteiger partial charge in [0.1, 0.15) is 0 Å². The molecule has 2 bridgehead atoms. The van der Waals surface area contributed by atoms with Crippen molar-refractivity contribution in [2.75, 3.05) is 6.61 Å². The van der Waals surface area contributed by atoms with Crippen molar-refractivity contribution < 1.29 is 26.7 Å². The first kappa shape index (κ1) is 24.0. The Labute approximate surface area is 200 Å². The molecule has 1 heterocycles. The summed E-state index contributed by atoms with van der Waals surface area (Å²) in [5.41, 5.74) is -0.389. The van der Waals surface area contributed by atoms with Gasteiger partial charge in [0.2, 0.25) is 15.6 Å². The smallest absolute Gasteiger partial charge is 0.396 e. The van der Waals surface area contributed by atoms with Crippen molar-refractivity contribution in [1.82, 2.24) is 9.71 Å². The van der Waals surface area contributed by atoms with E-state index in [2.05, 4.69) is 9.71 Å². The number of hydrogen-bond acceptors (Lipinski definition) is 4. The topological polar surface area (TPSA) is 99.3 Å². The Morgan fingerprint density at radius 2 is 1.69 bits per heavy atom. The van der Waals surface area contributed by atoms with Crippen molar-refractivity contribution in [2.24, 2.45) is 17.8 Å². The van der Waals surface area contributed by atoms with Gasteiger partial charge in [0.15, 0.2) is 0 Å². The number of sulfonamides is 1. The van der Waals surface area contributed by atoms with E-state index in [1.165, 1.54) is 24.3 Å². The molecule has 186 valence electrons. The number of aliphatic hydroxyl groups is 1. The summed E-state index contributed by atoms with van der Waals surface area (Å²) >= 11 is 0. The normalized spacial score (nSPS) is 24.3. The minimum Gasteiger partial charge on any atom is -0.396 e. The molecule has 2 fully saturated rings. The molecule has 0 radical (unpaired) electrons. The largest absolute Gasteiger partial charge is 0.417 e. The van der Waals surface area contributed by atoms with E-state index in [0.717, 1.165) is 24.8 Å². The molecule has 0 amide bonds. The van der Waals surface area contributed by atoms with Crippen LogP contribution in [0.15, 0.2) is 58.2 Å². The van der Waals surface area contributed by atoms with E-state index in [9.17, 15) is 31.5 Å². The summed E-state index contributed by atoms with van der Waals surface area (Å²) in [6.45, 7) is -0.0387. The molecular formula is C25H25F3N2O4S. The fourth-order valence-corrected chi connectivity index (χ4v) is 7.13. The molecule has 35 heavy (non-hydrogen) atoms. The molecule has 4 unspecified atom stereocenters. The monoisotopic (exact) mass is 506 g/mol. The summed E-state index contributed by atoms with van der Waals surface area (Å²) in [5, 5.41) is 9.63. The highest BCUT2D eigenvalue weighted by molar-refractivity contribution is 7.89. The van der Waals surface area contributed by atoms with Gasteiger partial charge in [0.25, 0.3) is 0 Å². The Balaban J connectivity index is 1.36. The van der Waals surface area contributed by atoms with Gasteiger partial charge >= 0.3 is 6.18 Å². The highest BCUT2D eigenvalue weighted by atomic mass is 32.2. The van der Waals surface area contributed by atoms with Gasteiger partial charge in [-0.15, -0.1) is 0 Å². The van der Waals surface area contributed by atoms with Crippen molar-refractivity contribution in [1.29, 1.82) is 0 Å². The van der Waals surface area contributed by atoms with Gasteiger partial charge in [-0.25, -0.2) is 13.1 Å². The van der Waals surface area contributed by atoms with Gasteiger partial charge in [-0.3, -0.25) is 4.79 Å². The van der Waals surface area contributed by atoms with Crippen LogP contribution in [0.4, 0.5) is 13.2 Å². The molecule has 2 aliphatic rings. The molecule has 0 aliphatic heterocycles. The van der Waals surface area contributed by atoms with Crippen molar-refractivity contribution in [3.63, 3.8) is 0 Å². The molecule has 3 N–H and O–H groups in total. The maximum atomic E-state index is 13.4. The second kappa shape index (κ2) is 8.76. The number of hydrogen-bond donors (Lipinski definition) is 3. The SMILES string of the molecule is O=c1cc(C(F)(F)F)c2cc(Cc3ccc(S(=O)(=O)NC4C5CCC(C5)C4CO)cc3)ccc2[nH]1. The summed E-state index contributed by atoms with van der Waals surface area (Å²) in [6.07, 6.45) is -1.45. The molecule has 2 saturated carbocycles. The zero-order chi connectivity index (χ0) is 25.0. The van der Waals surface area contributed by atoms with Crippen LogP contribution in [0.25, 0.3) is 10.9 Å². The number of aliphatic hydroxyl groups excluding tert-OH is 1. The number of alkyl halides is 3. The van der Waals surface area contributed by atoms with E-state index in [1.54, 1.807) is 18.2 Å². The minimum absolute atomic E-state index is 0.0387. The summed E-state index contributed by atoms with van der Waals surface area (Å²) in [6, 6.07) is 11.0. The molecule has 1 aromatic heterocycles. The number of aromatic amines is 1. The molecule has 0 saturated heterocycles. The Bertz CT molecular complexity index is 1420. The van der Waals surface area contributed by atoms with Crippen molar-refractivity contribution in [3.05, 3.63) is 75.6 Å². The number of halogens is 3. The molecule has 4 atom stereocenters. The molecular weight excluding hydrogens is 481 g/mol. The van der Waals surface area contributed by atoms with Gasteiger partial charge in [-0.2, -0.15) is 13.2 Å².